The van der Waals surface area contributed by atoms with Crippen molar-refractivity contribution in [2.24, 2.45) is 7.05 Å². The normalized spacial score (nSPS) is 10.9. The van der Waals surface area contributed by atoms with Gasteiger partial charge in [-0.3, -0.25) is 4.79 Å². The number of halogens is 1. The second-order valence-electron chi connectivity index (χ2n) is 7.19. The summed E-state index contributed by atoms with van der Waals surface area (Å²) < 4.78 is 1.89. The van der Waals surface area contributed by atoms with Crippen LogP contribution in [0.15, 0.2) is 59.1 Å². The first-order valence-corrected chi connectivity index (χ1v) is 12.0. The average molecular weight is 485 g/mol. The Morgan fingerprint density at radius 1 is 1.09 bits per heavy atom. The van der Waals surface area contributed by atoms with Crippen LogP contribution in [0, 0.1) is 0 Å². The van der Waals surface area contributed by atoms with E-state index in [4.69, 9.17) is 11.6 Å². The third-order valence-corrected chi connectivity index (χ3v) is 6.73. The minimum Gasteiger partial charge on any atom is -0.378 e. The van der Waals surface area contributed by atoms with Crippen molar-refractivity contribution in [2.45, 2.75) is 5.16 Å². The van der Waals surface area contributed by atoms with Crippen LogP contribution in [0.25, 0.3) is 22.6 Å². The van der Waals surface area contributed by atoms with Crippen LogP contribution in [0.5, 0.6) is 0 Å². The van der Waals surface area contributed by atoms with Crippen molar-refractivity contribution in [3.8, 4) is 22.6 Å². The Morgan fingerprint density at radius 3 is 2.47 bits per heavy atom. The molecule has 2 aromatic carbocycles. The molecule has 0 saturated carbocycles. The topological polar surface area (TPSA) is 75.9 Å². The Morgan fingerprint density at radius 2 is 1.78 bits per heavy atom. The minimum absolute atomic E-state index is 0.146. The van der Waals surface area contributed by atoms with Gasteiger partial charge in [-0.2, -0.15) is 0 Å². The van der Waals surface area contributed by atoms with Crippen molar-refractivity contribution in [1.82, 2.24) is 19.7 Å². The highest BCUT2D eigenvalue weighted by Gasteiger charge is 2.14. The number of rotatable bonds is 7. The molecule has 1 amide bonds. The lowest BCUT2D eigenvalue weighted by molar-refractivity contribution is -0.113. The fourth-order valence-corrected chi connectivity index (χ4v) is 4.54. The van der Waals surface area contributed by atoms with E-state index in [-0.39, 0.29) is 11.7 Å². The first-order chi connectivity index (χ1) is 15.4. The molecule has 32 heavy (non-hydrogen) atoms. The summed E-state index contributed by atoms with van der Waals surface area (Å²) in [6, 6.07) is 15.5. The van der Waals surface area contributed by atoms with E-state index in [1.807, 2.05) is 84.5 Å². The van der Waals surface area contributed by atoms with Gasteiger partial charge in [0.05, 0.1) is 11.4 Å². The van der Waals surface area contributed by atoms with Crippen molar-refractivity contribution in [3.63, 3.8) is 0 Å². The number of thioether (sulfide) groups is 1. The second kappa shape index (κ2) is 9.72. The molecular formula is C22H21ClN6OS2. The number of hydrogen-bond donors (Lipinski definition) is 1. The summed E-state index contributed by atoms with van der Waals surface area (Å²) in [4.78, 5) is 18.9. The fourth-order valence-electron chi connectivity index (χ4n) is 2.97. The van der Waals surface area contributed by atoms with E-state index < -0.39 is 0 Å². The molecule has 0 fully saturated rings. The zero-order valence-electron chi connectivity index (χ0n) is 17.7. The Balaban J connectivity index is 1.36. The predicted molar refractivity (Wildman–Crippen MR) is 133 cm³/mol. The number of carbonyl (C=O) groups excluding carboxylic acids is 1. The van der Waals surface area contributed by atoms with Crippen LogP contribution >= 0.6 is 34.7 Å². The number of carbonyl (C=O) groups is 1. The maximum Gasteiger partial charge on any atom is 0.236 e. The number of aromatic nitrogens is 4. The van der Waals surface area contributed by atoms with Crippen LogP contribution in [0.3, 0.4) is 0 Å². The van der Waals surface area contributed by atoms with Crippen molar-refractivity contribution in [1.29, 1.82) is 0 Å². The number of hydrogen-bond acceptors (Lipinski definition) is 7. The minimum atomic E-state index is -0.146. The van der Waals surface area contributed by atoms with Gasteiger partial charge in [-0.15, -0.1) is 21.5 Å². The molecule has 2 aromatic heterocycles. The Bertz CT molecular complexity index is 1220. The molecule has 164 valence electrons. The average Bonchev–Trinajstić information content (AvgIpc) is 3.39. The highest BCUT2D eigenvalue weighted by molar-refractivity contribution is 7.99. The molecule has 0 aliphatic rings. The number of thiazole rings is 1. The Labute approximate surface area is 199 Å². The molecular weight excluding hydrogens is 464 g/mol. The number of nitrogens with zero attached hydrogens (tertiary/aromatic N) is 5. The van der Waals surface area contributed by atoms with E-state index in [2.05, 4.69) is 20.5 Å². The van der Waals surface area contributed by atoms with Crippen LogP contribution < -0.4 is 10.2 Å². The van der Waals surface area contributed by atoms with Crippen molar-refractivity contribution < 1.29 is 4.79 Å². The monoisotopic (exact) mass is 484 g/mol. The molecule has 0 unspecified atom stereocenters. The summed E-state index contributed by atoms with van der Waals surface area (Å²) in [5, 5.41) is 15.2. The van der Waals surface area contributed by atoms with E-state index in [9.17, 15) is 4.79 Å². The summed E-state index contributed by atoms with van der Waals surface area (Å²) in [5.41, 5.74) is 3.83. The smallest absolute Gasteiger partial charge is 0.236 e. The van der Waals surface area contributed by atoms with Gasteiger partial charge in [-0.1, -0.05) is 35.5 Å². The Hall–Kier alpha value is -2.88. The van der Waals surface area contributed by atoms with Crippen molar-refractivity contribution in [3.05, 3.63) is 58.9 Å². The highest BCUT2D eigenvalue weighted by atomic mass is 35.5. The first kappa shape index (κ1) is 22.3. The van der Waals surface area contributed by atoms with Gasteiger partial charge >= 0.3 is 0 Å². The van der Waals surface area contributed by atoms with Crippen molar-refractivity contribution >= 4 is 51.4 Å². The number of nitrogens with one attached hydrogen (secondary N) is 1. The predicted octanol–water partition coefficient (Wildman–Crippen LogP) is 5.06. The summed E-state index contributed by atoms with van der Waals surface area (Å²) in [5.74, 6) is 0.819. The summed E-state index contributed by atoms with van der Waals surface area (Å²) >= 11 is 8.65. The van der Waals surface area contributed by atoms with Gasteiger partial charge in [-0.25, -0.2) is 4.98 Å². The lowest BCUT2D eigenvalue weighted by Gasteiger charge is -2.12. The molecule has 0 saturated heterocycles. The van der Waals surface area contributed by atoms with Crippen LogP contribution in [-0.4, -0.2) is 45.5 Å². The third-order valence-electron chi connectivity index (χ3n) is 4.70. The molecule has 0 radical (unpaired) electrons. The standard InChI is InChI=1S/C22H21ClN6OS2/c1-28(2)17-10-6-15(7-11-17)20-26-27-22(29(20)3)32-13-19(30)25-21-24-18(12-31-21)14-4-8-16(23)9-5-14/h4-12H,13H2,1-3H3,(H,24,25,30). The lowest BCUT2D eigenvalue weighted by Crippen LogP contribution is -2.14. The largest absolute Gasteiger partial charge is 0.378 e. The quantitative estimate of drug-likeness (QED) is 0.370. The zero-order chi connectivity index (χ0) is 22.7. The molecule has 7 nitrogen and oxygen atoms in total. The van der Waals surface area contributed by atoms with Crippen LogP contribution in [0.2, 0.25) is 5.02 Å². The summed E-state index contributed by atoms with van der Waals surface area (Å²) in [6.07, 6.45) is 0. The van der Waals surface area contributed by atoms with Gasteiger partial charge in [0.2, 0.25) is 5.91 Å². The molecule has 2 heterocycles. The van der Waals surface area contributed by atoms with E-state index >= 15 is 0 Å². The highest BCUT2D eigenvalue weighted by Crippen LogP contribution is 2.27. The molecule has 0 atom stereocenters. The number of amides is 1. The molecule has 0 aliphatic heterocycles. The maximum absolute atomic E-state index is 12.4. The van der Waals surface area contributed by atoms with Gasteiger partial charge in [0.25, 0.3) is 0 Å². The lowest BCUT2D eigenvalue weighted by atomic mass is 10.2. The summed E-state index contributed by atoms with van der Waals surface area (Å²) in [6.45, 7) is 0. The van der Waals surface area contributed by atoms with Crippen LogP contribution in [0.1, 0.15) is 0 Å². The van der Waals surface area contributed by atoms with Gasteiger partial charge in [-0.05, 0) is 36.4 Å². The van der Waals surface area contributed by atoms with Crippen LogP contribution in [0.4, 0.5) is 10.8 Å². The second-order valence-corrected chi connectivity index (χ2v) is 9.43. The van der Waals surface area contributed by atoms with E-state index in [1.54, 1.807) is 0 Å². The first-order valence-electron chi connectivity index (χ1n) is 9.72. The molecule has 4 rings (SSSR count). The Kier molecular flexibility index (Phi) is 6.78. The molecule has 10 heteroatoms. The van der Waals surface area contributed by atoms with Gasteiger partial charge in [0.15, 0.2) is 16.1 Å². The van der Waals surface area contributed by atoms with Gasteiger partial charge in [0.1, 0.15) is 0 Å². The van der Waals surface area contributed by atoms with E-state index in [0.29, 0.717) is 15.3 Å². The number of anilines is 2. The number of benzene rings is 2. The zero-order valence-corrected chi connectivity index (χ0v) is 20.1. The van der Waals surface area contributed by atoms with Gasteiger partial charge < -0.3 is 14.8 Å². The molecule has 4 aromatic rings. The van der Waals surface area contributed by atoms with E-state index in [1.165, 1.54) is 23.1 Å². The molecule has 0 aliphatic carbocycles. The van der Waals surface area contributed by atoms with Crippen LogP contribution in [-0.2, 0) is 11.8 Å². The summed E-state index contributed by atoms with van der Waals surface area (Å²) in [7, 11) is 5.90. The van der Waals surface area contributed by atoms with Crippen molar-refractivity contribution in [2.75, 3.05) is 30.1 Å². The fraction of sp³-hybridized carbons (Fsp3) is 0.182. The van der Waals surface area contributed by atoms with Gasteiger partial charge in [0, 0.05) is 48.4 Å². The van der Waals surface area contributed by atoms with E-state index in [0.717, 1.165) is 28.3 Å². The third kappa shape index (κ3) is 5.12. The molecule has 0 spiro atoms. The maximum atomic E-state index is 12.4. The molecule has 1 N–H and O–H groups in total. The molecule has 0 bridgehead atoms. The SMILES string of the molecule is CN(C)c1ccc(-c2nnc(SCC(=O)Nc3nc(-c4ccc(Cl)cc4)cs3)n2C)cc1.